The Kier molecular flexibility index (Phi) is 8.24. The van der Waals surface area contributed by atoms with Crippen LogP contribution in [0.1, 0.15) is 22.1 Å². The van der Waals surface area contributed by atoms with E-state index in [-0.39, 0.29) is 17.0 Å². The van der Waals surface area contributed by atoms with E-state index in [0.29, 0.717) is 12.0 Å². The largest absolute Gasteiger partial charge is 0.481 e. The number of hydrogen-bond acceptors (Lipinski definition) is 11. The summed E-state index contributed by atoms with van der Waals surface area (Å²) in [7, 11) is -10.5. The number of ether oxygens (including phenoxy) is 3. The topological polar surface area (TPSA) is 214 Å². The number of imidazole rings is 1. The molecule has 18 heteroatoms. The van der Waals surface area contributed by atoms with Crippen molar-refractivity contribution in [3.63, 3.8) is 0 Å². The Morgan fingerprint density at radius 3 is 2.35 bits per heavy atom. The van der Waals surface area contributed by atoms with Crippen LogP contribution in [0.2, 0.25) is 0 Å². The van der Waals surface area contributed by atoms with Crippen LogP contribution in [0, 0.1) is 0 Å². The number of carbonyl (C=O) groups excluding carboxylic acids is 1. The average Bonchev–Trinajstić information content (AvgIpc) is 3.66. The molecule has 226 valence electrons. The number of fused-ring (bicyclic) bond motifs is 2. The molecular formula is C25H25N5O11P2. The first-order valence-corrected chi connectivity index (χ1v) is 15.9. The number of hydrogen-bond donors (Lipinski definition) is 4. The molecule has 0 aliphatic carbocycles. The summed E-state index contributed by atoms with van der Waals surface area (Å²) in [6, 6.07) is 18.0. The van der Waals surface area contributed by atoms with Gasteiger partial charge in [0, 0.05) is 12.0 Å². The summed E-state index contributed by atoms with van der Waals surface area (Å²) >= 11 is 0. The number of phosphoric acid groups is 2. The van der Waals surface area contributed by atoms with Crippen molar-refractivity contribution < 1.29 is 51.6 Å². The number of carbonyl (C=O) groups is 1. The fraction of sp³-hybridized carbons (Fsp3) is 0.280. The number of aromatic nitrogens is 4. The van der Waals surface area contributed by atoms with E-state index in [1.165, 1.54) is 12.7 Å². The van der Waals surface area contributed by atoms with Gasteiger partial charge in [-0.05, 0) is 17.7 Å². The number of amides is 1. The second kappa shape index (κ2) is 11.9. The van der Waals surface area contributed by atoms with Crippen molar-refractivity contribution in [1.82, 2.24) is 19.5 Å². The maximum absolute atomic E-state index is 12.8. The molecule has 6 rings (SSSR count). The van der Waals surface area contributed by atoms with Crippen LogP contribution in [0.25, 0.3) is 11.2 Å². The molecule has 0 bridgehead atoms. The molecule has 2 aromatic carbocycles. The van der Waals surface area contributed by atoms with Gasteiger partial charge in [-0.25, -0.2) is 24.1 Å². The lowest BCUT2D eigenvalue weighted by Gasteiger charge is -2.22. The van der Waals surface area contributed by atoms with Crippen molar-refractivity contribution in [3.8, 4) is 0 Å². The third-order valence-electron chi connectivity index (χ3n) is 6.66. The Morgan fingerprint density at radius 1 is 0.930 bits per heavy atom. The van der Waals surface area contributed by atoms with Gasteiger partial charge in [-0.2, -0.15) is 4.31 Å². The molecule has 1 amide bonds. The van der Waals surface area contributed by atoms with Gasteiger partial charge in [0.25, 0.3) is 5.91 Å². The average molecular weight is 633 g/mol. The quantitative estimate of drug-likeness (QED) is 0.185. The van der Waals surface area contributed by atoms with Crippen molar-refractivity contribution in [2.45, 2.75) is 37.3 Å². The lowest BCUT2D eigenvalue weighted by atomic mass is 10.1. The molecule has 6 atom stereocenters. The molecule has 4 aromatic rings. The highest BCUT2D eigenvalue weighted by Gasteiger charge is 2.54. The molecule has 0 spiro atoms. The van der Waals surface area contributed by atoms with Gasteiger partial charge in [0.2, 0.25) is 0 Å². The molecular weight excluding hydrogens is 608 g/mol. The fourth-order valence-corrected chi connectivity index (χ4v) is 6.48. The monoisotopic (exact) mass is 633 g/mol. The van der Waals surface area contributed by atoms with E-state index in [0.717, 1.165) is 5.56 Å². The van der Waals surface area contributed by atoms with Crippen molar-refractivity contribution in [1.29, 1.82) is 0 Å². The van der Waals surface area contributed by atoms with Gasteiger partial charge in [-0.15, -0.1) is 0 Å². The minimum absolute atomic E-state index is 0.161. The van der Waals surface area contributed by atoms with Crippen molar-refractivity contribution in [2.24, 2.45) is 0 Å². The zero-order valence-electron chi connectivity index (χ0n) is 22.0. The lowest BCUT2D eigenvalue weighted by Crippen LogP contribution is -2.31. The SMILES string of the molecule is O=C(Nc1ncnc2c1ncn2C1O[C@H](COP(=O)(O)OP(=O)(O)O)[C@H]2OC(Cc3ccccc3)O[C@@H]12)c1ccccc1. The van der Waals surface area contributed by atoms with Crippen molar-refractivity contribution in [3.05, 3.63) is 84.4 Å². The lowest BCUT2D eigenvalue weighted by molar-refractivity contribution is -0.149. The summed E-state index contributed by atoms with van der Waals surface area (Å²) in [5.41, 5.74) is 1.91. The maximum Gasteiger partial charge on any atom is 0.481 e. The molecule has 0 saturated carbocycles. The van der Waals surface area contributed by atoms with Crippen LogP contribution in [-0.2, 0) is 38.6 Å². The summed E-state index contributed by atoms with van der Waals surface area (Å²) < 4.78 is 51.9. The van der Waals surface area contributed by atoms with E-state index >= 15 is 0 Å². The second-order valence-corrected chi connectivity index (χ2v) is 12.4. The van der Waals surface area contributed by atoms with Gasteiger partial charge in [-0.3, -0.25) is 13.9 Å². The molecule has 0 radical (unpaired) electrons. The van der Waals surface area contributed by atoms with Gasteiger partial charge < -0.3 is 34.2 Å². The number of rotatable bonds is 10. The first-order chi connectivity index (χ1) is 20.6. The maximum atomic E-state index is 12.8. The van der Waals surface area contributed by atoms with Crippen LogP contribution in [0.4, 0.5) is 5.82 Å². The molecule has 2 fully saturated rings. The molecule has 43 heavy (non-hydrogen) atoms. The number of anilines is 1. The normalized spacial score (nSPS) is 25.0. The van der Waals surface area contributed by atoms with Crippen molar-refractivity contribution in [2.75, 3.05) is 11.9 Å². The second-order valence-electron chi connectivity index (χ2n) is 9.59. The molecule has 16 nitrogen and oxygen atoms in total. The molecule has 2 aliphatic heterocycles. The Morgan fingerprint density at radius 2 is 1.63 bits per heavy atom. The zero-order valence-corrected chi connectivity index (χ0v) is 23.8. The van der Waals surface area contributed by atoms with E-state index in [1.54, 1.807) is 34.9 Å². The van der Waals surface area contributed by atoms with E-state index in [4.69, 9.17) is 28.5 Å². The summed E-state index contributed by atoms with van der Waals surface area (Å²) in [5, 5.41) is 2.73. The third-order valence-corrected chi connectivity index (χ3v) is 8.81. The van der Waals surface area contributed by atoms with E-state index < -0.39 is 59.0 Å². The van der Waals surface area contributed by atoms with E-state index in [1.807, 2.05) is 30.3 Å². The molecule has 4 heterocycles. The Balaban J connectivity index is 1.26. The van der Waals surface area contributed by atoms with Crippen LogP contribution >= 0.6 is 15.6 Å². The number of nitrogens with one attached hydrogen (secondary N) is 1. The van der Waals surface area contributed by atoms with Crippen LogP contribution in [0.15, 0.2) is 73.3 Å². The predicted octanol–water partition coefficient (Wildman–Crippen LogP) is 2.56. The van der Waals surface area contributed by atoms with Crippen LogP contribution in [0.3, 0.4) is 0 Å². The van der Waals surface area contributed by atoms with Gasteiger partial charge >= 0.3 is 15.6 Å². The molecule has 2 aliphatic rings. The number of nitrogens with zero attached hydrogens (tertiary/aromatic N) is 4. The summed E-state index contributed by atoms with van der Waals surface area (Å²) in [6.07, 6.45) is -1.24. The summed E-state index contributed by atoms with van der Waals surface area (Å²) in [6.45, 7) is -0.632. The number of phosphoric ester groups is 1. The Bertz CT molecular complexity index is 1700. The minimum Gasteiger partial charge on any atom is -0.347 e. The minimum atomic E-state index is -5.32. The standard InChI is InChI=1S/C25H25N5O11P2/c31-24(16-9-5-2-6-10-16)29-22-19-23(27-13-26-22)30(14-28-19)25-21-20(39-18(40-21)11-15-7-3-1-4-8-15)17(38-25)12-37-43(35,36)41-42(32,33)34/h1-10,13-14,17-18,20-21,25H,11-12H2,(H,35,36)(H2,32,33,34)(H,26,27,29,31)/t17-,18?,20-,21-,25?/m1/s1. The van der Waals surface area contributed by atoms with Crippen LogP contribution in [-0.4, -0.2) is 71.3 Å². The zero-order chi connectivity index (χ0) is 30.2. The highest BCUT2D eigenvalue weighted by Crippen LogP contribution is 2.58. The molecule has 4 N–H and O–H groups in total. The van der Waals surface area contributed by atoms with E-state index in [9.17, 15) is 18.8 Å². The smallest absolute Gasteiger partial charge is 0.347 e. The molecule has 2 saturated heterocycles. The highest BCUT2D eigenvalue weighted by molar-refractivity contribution is 7.60. The Labute approximate surface area is 243 Å². The van der Waals surface area contributed by atoms with Crippen molar-refractivity contribution >= 4 is 38.5 Å². The Hall–Kier alpha value is -3.40. The highest BCUT2D eigenvalue weighted by atomic mass is 31.3. The van der Waals surface area contributed by atoms with Gasteiger partial charge in [0.1, 0.15) is 24.6 Å². The first-order valence-electron chi connectivity index (χ1n) is 12.8. The van der Waals surface area contributed by atoms with Gasteiger partial charge in [-0.1, -0.05) is 48.5 Å². The number of benzene rings is 2. The van der Waals surface area contributed by atoms with Crippen LogP contribution < -0.4 is 5.32 Å². The van der Waals surface area contributed by atoms with E-state index in [2.05, 4.69) is 24.6 Å². The molecule has 3 unspecified atom stereocenters. The summed E-state index contributed by atoms with van der Waals surface area (Å²) in [4.78, 5) is 53.3. The van der Waals surface area contributed by atoms with Gasteiger partial charge in [0.05, 0.1) is 12.9 Å². The van der Waals surface area contributed by atoms with Crippen LogP contribution in [0.5, 0.6) is 0 Å². The third kappa shape index (κ3) is 6.74. The van der Waals surface area contributed by atoms with Gasteiger partial charge in [0.15, 0.2) is 29.5 Å². The molecule has 2 aromatic heterocycles. The first kappa shape index (κ1) is 29.7. The fourth-order valence-electron chi connectivity index (χ4n) is 4.89. The predicted molar refractivity (Wildman–Crippen MR) is 146 cm³/mol. The summed E-state index contributed by atoms with van der Waals surface area (Å²) in [5.74, 6) is -0.236.